The highest BCUT2D eigenvalue weighted by Crippen LogP contribution is 2.32. The lowest BCUT2D eigenvalue weighted by Crippen LogP contribution is -2.20. The summed E-state index contributed by atoms with van der Waals surface area (Å²) in [6.07, 6.45) is 0. The minimum atomic E-state index is -0.343. The van der Waals surface area contributed by atoms with Crippen LogP contribution < -0.4 is 0 Å². The zero-order valence-corrected chi connectivity index (χ0v) is 12.6. The fraction of sp³-hybridized carbons (Fsp3) is 0.467. The van der Waals surface area contributed by atoms with Crippen LogP contribution in [0.15, 0.2) is 24.3 Å². The molecule has 1 aromatic heterocycles. The Labute approximate surface area is 128 Å². The van der Waals surface area contributed by atoms with E-state index in [1.165, 1.54) is 0 Å². The number of hydrogen-bond donors (Lipinski definition) is 1. The fourth-order valence-corrected chi connectivity index (χ4v) is 3.17. The van der Waals surface area contributed by atoms with Crippen LogP contribution in [0.4, 0.5) is 4.39 Å². The normalized spacial score (nSPS) is 22.8. The number of H-pyrrole nitrogens is 1. The van der Waals surface area contributed by atoms with Gasteiger partial charge in [0.25, 0.3) is 0 Å². The summed E-state index contributed by atoms with van der Waals surface area (Å²) >= 11 is 6.01. The third kappa shape index (κ3) is 3.24. The third-order valence-electron chi connectivity index (χ3n) is 3.96. The lowest BCUT2D eigenvalue weighted by atomic mass is 9.97. The number of rotatable bonds is 4. The first-order chi connectivity index (χ1) is 10.2. The topological polar surface area (TPSA) is 44.8 Å². The van der Waals surface area contributed by atoms with Gasteiger partial charge in [-0.2, -0.15) is 5.10 Å². The van der Waals surface area contributed by atoms with E-state index in [-0.39, 0.29) is 18.5 Å². The van der Waals surface area contributed by atoms with E-state index in [9.17, 15) is 4.39 Å². The summed E-state index contributed by atoms with van der Waals surface area (Å²) in [7, 11) is 0. The molecule has 1 aromatic carbocycles. The van der Waals surface area contributed by atoms with Gasteiger partial charge in [0.05, 0.1) is 6.67 Å². The molecule has 1 saturated heterocycles. The van der Waals surface area contributed by atoms with E-state index in [2.05, 4.69) is 20.1 Å². The predicted octanol–water partition coefficient (Wildman–Crippen LogP) is 2.95. The quantitative estimate of drug-likeness (QED) is 0.944. The van der Waals surface area contributed by atoms with E-state index < -0.39 is 0 Å². The van der Waals surface area contributed by atoms with Gasteiger partial charge < -0.3 is 0 Å². The second-order valence-corrected chi connectivity index (χ2v) is 6.06. The first-order valence-electron chi connectivity index (χ1n) is 7.07. The number of nitrogens with one attached hydrogen (secondary N) is 1. The Balaban J connectivity index is 1.72. The zero-order chi connectivity index (χ0) is 14.8. The zero-order valence-electron chi connectivity index (χ0n) is 11.9. The van der Waals surface area contributed by atoms with Crippen LogP contribution in [-0.2, 0) is 6.54 Å². The Kier molecular flexibility index (Phi) is 4.22. The second-order valence-electron chi connectivity index (χ2n) is 5.62. The molecule has 1 fully saturated rings. The SMILES string of the molecule is Cc1nc([C@@H]2CN(Cc3cccc(Cl)c3)C[C@H]2CF)n[nH]1. The molecule has 3 rings (SSSR count). The van der Waals surface area contributed by atoms with Gasteiger partial charge in [0, 0.05) is 36.5 Å². The predicted molar refractivity (Wildman–Crippen MR) is 80.1 cm³/mol. The number of benzene rings is 1. The van der Waals surface area contributed by atoms with Crippen molar-refractivity contribution < 1.29 is 4.39 Å². The van der Waals surface area contributed by atoms with Gasteiger partial charge in [-0.3, -0.25) is 14.4 Å². The summed E-state index contributed by atoms with van der Waals surface area (Å²) in [6.45, 7) is 3.79. The largest absolute Gasteiger partial charge is 0.298 e. The van der Waals surface area contributed by atoms with Gasteiger partial charge in [0.15, 0.2) is 5.82 Å². The first kappa shape index (κ1) is 14.5. The summed E-state index contributed by atoms with van der Waals surface area (Å²) in [6, 6.07) is 7.80. The molecule has 0 spiro atoms. The highest BCUT2D eigenvalue weighted by Gasteiger charge is 2.36. The molecule has 0 unspecified atom stereocenters. The van der Waals surface area contributed by atoms with Crippen molar-refractivity contribution in [1.29, 1.82) is 0 Å². The summed E-state index contributed by atoms with van der Waals surface area (Å²) in [5.41, 5.74) is 1.15. The summed E-state index contributed by atoms with van der Waals surface area (Å²) < 4.78 is 13.3. The Morgan fingerprint density at radius 3 is 2.95 bits per heavy atom. The smallest absolute Gasteiger partial charge is 0.155 e. The lowest BCUT2D eigenvalue weighted by molar-refractivity contribution is 0.296. The lowest BCUT2D eigenvalue weighted by Gasteiger charge is -2.15. The summed E-state index contributed by atoms with van der Waals surface area (Å²) in [5.74, 6) is 1.51. The van der Waals surface area contributed by atoms with E-state index in [0.29, 0.717) is 0 Å². The minimum absolute atomic E-state index is 0.0422. The van der Waals surface area contributed by atoms with Crippen molar-refractivity contribution in [3.8, 4) is 0 Å². The van der Waals surface area contributed by atoms with Crippen LogP contribution in [0.1, 0.15) is 23.1 Å². The van der Waals surface area contributed by atoms with Gasteiger partial charge in [-0.25, -0.2) is 4.98 Å². The second kappa shape index (κ2) is 6.12. The van der Waals surface area contributed by atoms with Gasteiger partial charge in [-0.1, -0.05) is 23.7 Å². The minimum Gasteiger partial charge on any atom is -0.298 e. The monoisotopic (exact) mass is 308 g/mol. The van der Waals surface area contributed by atoms with Gasteiger partial charge in [-0.05, 0) is 24.6 Å². The van der Waals surface area contributed by atoms with Crippen molar-refractivity contribution in [3.63, 3.8) is 0 Å². The van der Waals surface area contributed by atoms with Crippen LogP contribution in [0.5, 0.6) is 0 Å². The molecule has 2 atom stereocenters. The highest BCUT2D eigenvalue weighted by atomic mass is 35.5. The average Bonchev–Trinajstić information content (AvgIpc) is 3.05. The van der Waals surface area contributed by atoms with E-state index in [1.807, 2.05) is 31.2 Å². The number of aryl methyl sites for hydroxylation is 1. The number of nitrogens with zero attached hydrogens (tertiary/aromatic N) is 3. The molecule has 112 valence electrons. The van der Waals surface area contributed by atoms with Crippen LogP contribution in [0.3, 0.4) is 0 Å². The van der Waals surface area contributed by atoms with E-state index >= 15 is 0 Å². The molecule has 6 heteroatoms. The van der Waals surface area contributed by atoms with Crippen molar-refractivity contribution >= 4 is 11.6 Å². The molecule has 0 saturated carbocycles. The molecular weight excluding hydrogens is 291 g/mol. The van der Waals surface area contributed by atoms with E-state index in [4.69, 9.17) is 11.6 Å². The molecule has 0 radical (unpaired) electrons. The fourth-order valence-electron chi connectivity index (χ4n) is 2.96. The van der Waals surface area contributed by atoms with Crippen molar-refractivity contribution in [3.05, 3.63) is 46.5 Å². The Morgan fingerprint density at radius 1 is 1.43 bits per heavy atom. The maximum absolute atomic E-state index is 13.3. The standard InChI is InChI=1S/C15H18ClFN4/c1-10-18-15(20-19-10)14-9-21(8-12(14)6-17)7-11-3-2-4-13(16)5-11/h2-5,12,14H,6-9H2,1H3,(H,18,19,20)/t12-,14-/m1/s1. The molecule has 1 N–H and O–H groups in total. The number of halogens is 2. The maximum Gasteiger partial charge on any atom is 0.155 e. The highest BCUT2D eigenvalue weighted by molar-refractivity contribution is 6.30. The van der Waals surface area contributed by atoms with Crippen LogP contribution in [0.25, 0.3) is 0 Å². The van der Waals surface area contributed by atoms with Crippen LogP contribution in [0.2, 0.25) is 5.02 Å². The van der Waals surface area contributed by atoms with Crippen molar-refractivity contribution in [2.45, 2.75) is 19.4 Å². The molecule has 0 bridgehead atoms. The number of alkyl halides is 1. The molecule has 0 amide bonds. The van der Waals surface area contributed by atoms with Crippen LogP contribution in [0, 0.1) is 12.8 Å². The summed E-state index contributed by atoms with van der Waals surface area (Å²) in [5, 5.41) is 7.78. The van der Waals surface area contributed by atoms with Crippen molar-refractivity contribution in [1.82, 2.24) is 20.1 Å². The van der Waals surface area contributed by atoms with Crippen LogP contribution in [-0.4, -0.2) is 39.8 Å². The number of hydrogen-bond acceptors (Lipinski definition) is 3. The van der Waals surface area contributed by atoms with E-state index in [0.717, 1.165) is 41.9 Å². The number of aromatic amines is 1. The van der Waals surface area contributed by atoms with Gasteiger partial charge in [0.2, 0.25) is 0 Å². The summed E-state index contributed by atoms with van der Waals surface area (Å²) in [4.78, 5) is 6.61. The molecule has 4 nitrogen and oxygen atoms in total. The Hall–Kier alpha value is -1.46. The first-order valence-corrected chi connectivity index (χ1v) is 7.45. The molecular formula is C15H18ClFN4. The molecule has 21 heavy (non-hydrogen) atoms. The van der Waals surface area contributed by atoms with Crippen molar-refractivity contribution in [2.75, 3.05) is 19.8 Å². The third-order valence-corrected chi connectivity index (χ3v) is 4.19. The van der Waals surface area contributed by atoms with Gasteiger partial charge >= 0.3 is 0 Å². The Bertz CT molecular complexity index is 615. The molecule has 0 aliphatic carbocycles. The molecule has 1 aliphatic heterocycles. The maximum atomic E-state index is 13.3. The number of aromatic nitrogens is 3. The molecule has 2 aromatic rings. The van der Waals surface area contributed by atoms with E-state index in [1.54, 1.807) is 0 Å². The van der Waals surface area contributed by atoms with Gasteiger partial charge in [-0.15, -0.1) is 0 Å². The molecule has 1 aliphatic rings. The Morgan fingerprint density at radius 2 is 2.29 bits per heavy atom. The van der Waals surface area contributed by atoms with Crippen LogP contribution >= 0.6 is 11.6 Å². The number of likely N-dealkylation sites (tertiary alicyclic amines) is 1. The molecule has 2 heterocycles. The van der Waals surface area contributed by atoms with Crippen molar-refractivity contribution in [2.24, 2.45) is 5.92 Å². The average molecular weight is 309 g/mol. The van der Waals surface area contributed by atoms with Gasteiger partial charge in [0.1, 0.15) is 5.82 Å².